The predicted molar refractivity (Wildman–Crippen MR) is 82.0 cm³/mol. The van der Waals surface area contributed by atoms with Crippen molar-refractivity contribution in [3.05, 3.63) is 29.2 Å². The number of carbonyl (C=O) groups excluding carboxylic acids is 1. The smallest absolute Gasteiger partial charge is 0.378 e. The molecule has 0 unspecified atom stereocenters. The Bertz CT molecular complexity index is 804. The van der Waals surface area contributed by atoms with Crippen LogP contribution in [0.4, 0.5) is 13.2 Å². The quantitative estimate of drug-likeness (QED) is 0.874. The molecule has 1 amide bonds. The van der Waals surface area contributed by atoms with Crippen LogP contribution in [0.5, 0.6) is 0 Å². The van der Waals surface area contributed by atoms with E-state index in [-0.39, 0.29) is 35.6 Å². The molecule has 1 fully saturated rings. The molecular weight excluding hydrogens is 339 g/mol. The van der Waals surface area contributed by atoms with Crippen molar-refractivity contribution in [3.63, 3.8) is 0 Å². The summed E-state index contributed by atoms with van der Waals surface area (Å²) in [5, 5.41) is 3.73. The van der Waals surface area contributed by atoms with E-state index in [2.05, 4.69) is 10.1 Å². The maximum absolute atomic E-state index is 13.2. The summed E-state index contributed by atoms with van der Waals surface area (Å²) in [6.45, 7) is 2.11. The van der Waals surface area contributed by atoms with E-state index in [0.29, 0.717) is 17.5 Å². The number of piperidine rings is 1. The van der Waals surface area contributed by atoms with Crippen LogP contribution in [0.2, 0.25) is 0 Å². The Morgan fingerprint density at radius 3 is 2.80 bits per heavy atom. The van der Waals surface area contributed by atoms with Crippen LogP contribution in [0.15, 0.2) is 12.3 Å². The molecular formula is C15H18F3N5O2. The van der Waals surface area contributed by atoms with Gasteiger partial charge in [-0.2, -0.15) is 18.3 Å². The van der Waals surface area contributed by atoms with Crippen LogP contribution in [0.1, 0.15) is 28.2 Å². The number of rotatable bonds is 2. The summed E-state index contributed by atoms with van der Waals surface area (Å²) in [4.78, 5) is 18.4. The zero-order valence-corrected chi connectivity index (χ0v) is 13.7. The first kappa shape index (κ1) is 17.6. The fourth-order valence-corrected chi connectivity index (χ4v) is 2.98. The second-order valence-corrected chi connectivity index (χ2v) is 6.05. The van der Waals surface area contributed by atoms with Gasteiger partial charge < -0.3 is 15.4 Å². The Morgan fingerprint density at radius 2 is 2.16 bits per heavy atom. The Kier molecular flexibility index (Phi) is 4.41. The second-order valence-electron chi connectivity index (χ2n) is 6.05. The van der Waals surface area contributed by atoms with E-state index < -0.39 is 17.8 Å². The van der Waals surface area contributed by atoms with Gasteiger partial charge in [0.15, 0.2) is 5.65 Å². The number of ether oxygens (including phenoxy) is 1. The third-order valence-corrected chi connectivity index (χ3v) is 4.32. The van der Waals surface area contributed by atoms with Crippen molar-refractivity contribution < 1.29 is 22.7 Å². The lowest BCUT2D eigenvalue weighted by Crippen LogP contribution is -2.53. The van der Waals surface area contributed by atoms with Crippen LogP contribution in [0, 0.1) is 6.92 Å². The van der Waals surface area contributed by atoms with Gasteiger partial charge in [0.1, 0.15) is 11.3 Å². The molecule has 2 aromatic rings. The number of hydrogen-bond acceptors (Lipinski definition) is 5. The number of amides is 1. The van der Waals surface area contributed by atoms with Crippen LogP contribution < -0.4 is 5.73 Å². The third kappa shape index (κ3) is 3.19. The van der Waals surface area contributed by atoms with Crippen molar-refractivity contribution in [2.45, 2.75) is 31.7 Å². The number of aryl methyl sites for hydroxylation is 1. The zero-order valence-electron chi connectivity index (χ0n) is 13.7. The zero-order chi connectivity index (χ0) is 18.4. The van der Waals surface area contributed by atoms with Gasteiger partial charge in [-0.25, -0.2) is 9.50 Å². The molecule has 136 valence electrons. The first-order valence-electron chi connectivity index (χ1n) is 7.72. The Hall–Kier alpha value is -2.20. The van der Waals surface area contributed by atoms with Gasteiger partial charge >= 0.3 is 6.18 Å². The molecule has 2 atom stereocenters. The highest BCUT2D eigenvalue weighted by atomic mass is 19.4. The minimum absolute atomic E-state index is 0.0273. The monoisotopic (exact) mass is 357 g/mol. The van der Waals surface area contributed by atoms with Gasteiger partial charge in [0.2, 0.25) is 0 Å². The lowest BCUT2D eigenvalue weighted by Gasteiger charge is -2.35. The van der Waals surface area contributed by atoms with E-state index in [1.54, 1.807) is 0 Å². The summed E-state index contributed by atoms with van der Waals surface area (Å²) in [7, 11) is 1.51. The van der Waals surface area contributed by atoms with Crippen LogP contribution in [0.3, 0.4) is 0 Å². The Morgan fingerprint density at radius 1 is 1.44 bits per heavy atom. The predicted octanol–water partition coefficient (Wildman–Crippen LogP) is 1.24. The number of halogens is 3. The van der Waals surface area contributed by atoms with Crippen LogP contribution in [-0.4, -0.2) is 57.8 Å². The van der Waals surface area contributed by atoms with Crippen molar-refractivity contribution in [3.8, 4) is 0 Å². The molecule has 1 saturated heterocycles. The van der Waals surface area contributed by atoms with Gasteiger partial charge in [-0.15, -0.1) is 0 Å². The molecule has 25 heavy (non-hydrogen) atoms. The van der Waals surface area contributed by atoms with E-state index in [9.17, 15) is 18.0 Å². The average molecular weight is 357 g/mol. The Labute approximate surface area is 141 Å². The Balaban J connectivity index is 1.99. The molecule has 3 rings (SSSR count). The number of aromatic nitrogens is 3. The minimum Gasteiger partial charge on any atom is -0.378 e. The molecule has 0 aromatic carbocycles. The highest BCUT2D eigenvalue weighted by molar-refractivity contribution is 5.99. The van der Waals surface area contributed by atoms with Crippen molar-refractivity contribution in [1.82, 2.24) is 19.5 Å². The molecule has 1 aliphatic rings. The van der Waals surface area contributed by atoms with Gasteiger partial charge in [-0.1, -0.05) is 0 Å². The number of nitrogens with two attached hydrogens (primary N) is 1. The van der Waals surface area contributed by atoms with E-state index in [4.69, 9.17) is 10.5 Å². The second kappa shape index (κ2) is 6.26. The molecule has 2 aromatic heterocycles. The molecule has 3 heterocycles. The number of carbonyl (C=O) groups is 1. The van der Waals surface area contributed by atoms with Gasteiger partial charge in [0, 0.05) is 31.9 Å². The molecule has 0 saturated carbocycles. The number of nitrogens with zero attached hydrogens (tertiary/aromatic N) is 4. The van der Waals surface area contributed by atoms with Gasteiger partial charge in [0.25, 0.3) is 5.91 Å². The maximum atomic E-state index is 13.2. The highest BCUT2D eigenvalue weighted by Gasteiger charge is 2.36. The summed E-state index contributed by atoms with van der Waals surface area (Å²) in [5.74, 6) is -0.435. The molecule has 1 aliphatic heterocycles. The summed E-state index contributed by atoms with van der Waals surface area (Å²) in [5.41, 5.74) is 5.04. The number of hydrogen-bond donors (Lipinski definition) is 1. The maximum Gasteiger partial charge on any atom is 0.433 e. The molecule has 0 radical (unpaired) electrons. The third-order valence-electron chi connectivity index (χ3n) is 4.32. The standard InChI is InChI=1S/C15H18F3N5O2/c1-8-5-12(15(16,17)18)23-13(21-8)9(6-20-23)14(24)22-4-3-10(19)11(7-22)25-2/h5-6,10-11H,3-4,7,19H2,1-2H3/t10-,11+/m1/s1. The molecule has 10 heteroatoms. The first-order chi connectivity index (χ1) is 11.7. The van der Waals surface area contributed by atoms with Gasteiger partial charge in [-0.05, 0) is 19.4 Å². The summed E-state index contributed by atoms with van der Waals surface area (Å²) >= 11 is 0. The van der Waals surface area contributed by atoms with Crippen molar-refractivity contribution >= 4 is 11.6 Å². The van der Waals surface area contributed by atoms with Crippen molar-refractivity contribution in [1.29, 1.82) is 0 Å². The topological polar surface area (TPSA) is 85.8 Å². The van der Waals surface area contributed by atoms with E-state index in [1.807, 2.05) is 0 Å². The lowest BCUT2D eigenvalue weighted by molar-refractivity contribution is -0.142. The van der Waals surface area contributed by atoms with Crippen LogP contribution in [0.25, 0.3) is 5.65 Å². The molecule has 2 N–H and O–H groups in total. The molecule has 0 aliphatic carbocycles. The van der Waals surface area contributed by atoms with Crippen LogP contribution in [-0.2, 0) is 10.9 Å². The normalized spacial score (nSPS) is 21.8. The van der Waals surface area contributed by atoms with Gasteiger partial charge in [-0.3, -0.25) is 4.79 Å². The lowest BCUT2D eigenvalue weighted by atomic mass is 10.0. The average Bonchev–Trinajstić information content (AvgIpc) is 2.96. The summed E-state index contributed by atoms with van der Waals surface area (Å²) in [6.07, 6.45) is -3.25. The number of alkyl halides is 3. The fraction of sp³-hybridized carbons (Fsp3) is 0.533. The number of likely N-dealkylation sites (tertiary alicyclic amines) is 1. The van der Waals surface area contributed by atoms with Crippen molar-refractivity contribution in [2.24, 2.45) is 5.73 Å². The summed E-state index contributed by atoms with van der Waals surface area (Å²) < 4.78 is 45.5. The highest BCUT2D eigenvalue weighted by Crippen LogP contribution is 2.30. The van der Waals surface area contributed by atoms with E-state index in [1.165, 1.54) is 18.9 Å². The fourth-order valence-electron chi connectivity index (χ4n) is 2.98. The molecule has 7 nitrogen and oxygen atoms in total. The van der Waals surface area contributed by atoms with E-state index >= 15 is 0 Å². The number of methoxy groups -OCH3 is 1. The SMILES string of the molecule is CO[C@H]1CN(C(=O)c2cnn3c(C(F)(F)F)cc(C)nc23)CC[C@H]1N. The van der Waals surface area contributed by atoms with E-state index in [0.717, 1.165) is 12.3 Å². The minimum atomic E-state index is -4.60. The van der Waals surface area contributed by atoms with Gasteiger partial charge in [0.05, 0.1) is 12.3 Å². The molecule has 0 bridgehead atoms. The summed E-state index contributed by atoms with van der Waals surface area (Å²) in [6, 6.07) is 0.713. The van der Waals surface area contributed by atoms with Crippen LogP contribution >= 0.6 is 0 Å². The first-order valence-corrected chi connectivity index (χ1v) is 7.72. The largest absolute Gasteiger partial charge is 0.433 e. The molecule has 0 spiro atoms. The number of fused-ring (bicyclic) bond motifs is 1. The van der Waals surface area contributed by atoms with Crippen molar-refractivity contribution in [2.75, 3.05) is 20.2 Å².